The van der Waals surface area contributed by atoms with Gasteiger partial charge in [0, 0.05) is 25.6 Å². The lowest BCUT2D eigenvalue weighted by Gasteiger charge is -2.18. The number of hydrogen-bond donors (Lipinski definition) is 2. The molecule has 0 radical (unpaired) electrons. The van der Waals surface area contributed by atoms with Crippen LogP contribution in [-0.4, -0.2) is 51.6 Å². The van der Waals surface area contributed by atoms with Crippen LogP contribution in [0.1, 0.15) is 37.9 Å². The Balaban J connectivity index is 2.52. The first-order valence-electron chi connectivity index (χ1n) is 5.94. The van der Waals surface area contributed by atoms with Crippen molar-refractivity contribution in [2.75, 3.05) is 26.3 Å². The summed E-state index contributed by atoms with van der Waals surface area (Å²) in [6.45, 7) is 6.01. The summed E-state index contributed by atoms with van der Waals surface area (Å²) in [5.41, 5.74) is 0. The Bertz CT molecular complexity index is 315. The molecule has 1 aromatic heterocycles. The van der Waals surface area contributed by atoms with Crippen molar-refractivity contribution >= 4 is 0 Å². The van der Waals surface area contributed by atoms with Crippen LogP contribution in [0.25, 0.3) is 0 Å². The fraction of sp³-hybridized carbons (Fsp3) is 0.818. The van der Waals surface area contributed by atoms with Gasteiger partial charge >= 0.3 is 0 Å². The first kappa shape index (κ1) is 14.1. The Labute approximate surface area is 101 Å². The predicted octanol–water partition coefficient (Wildman–Crippen LogP) is 0.370. The van der Waals surface area contributed by atoms with Gasteiger partial charge in [-0.2, -0.15) is 4.98 Å². The zero-order valence-corrected chi connectivity index (χ0v) is 10.5. The number of hydrogen-bond acceptors (Lipinski definition) is 6. The average Bonchev–Trinajstić information content (AvgIpc) is 2.75. The molecule has 0 saturated heterocycles. The van der Waals surface area contributed by atoms with Gasteiger partial charge in [0.1, 0.15) is 0 Å². The molecule has 98 valence electrons. The van der Waals surface area contributed by atoms with Gasteiger partial charge in [0.2, 0.25) is 5.89 Å². The molecule has 0 amide bonds. The third-order valence-corrected chi connectivity index (χ3v) is 2.39. The van der Waals surface area contributed by atoms with Crippen molar-refractivity contribution in [1.82, 2.24) is 15.0 Å². The third-order valence-electron chi connectivity index (χ3n) is 2.39. The van der Waals surface area contributed by atoms with Crippen LogP contribution in [0.2, 0.25) is 0 Å². The quantitative estimate of drug-likeness (QED) is 0.686. The zero-order valence-electron chi connectivity index (χ0n) is 10.5. The van der Waals surface area contributed by atoms with Crippen LogP contribution in [0.4, 0.5) is 0 Å². The van der Waals surface area contributed by atoms with Gasteiger partial charge in [0.05, 0.1) is 13.2 Å². The molecule has 6 heteroatoms. The molecule has 0 fully saturated rings. The molecule has 17 heavy (non-hydrogen) atoms. The van der Waals surface area contributed by atoms with E-state index in [4.69, 9.17) is 14.7 Å². The maximum absolute atomic E-state index is 8.94. The summed E-state index contributed by atoms with van der Waals surface area (Å²) in [5.74, 6) is 1.48. The van der Waals surface area contributed by atoms with E-state index in [0.717, 1.165) is 0 Å². The van der Waals surface area contributed by atoms with Crippen molar-refractivity contribution in [3.8, 4) is 0 Å². The fourth-order valence-electron chi connectivity index (χ4n) is 1.47. The number of aliphatic hydroxyl groups excluding tert-OH is 2. The van der Waals surface area contributed by atoms with Gasteiger partial charge in [-0.05, 0) is 6.42 Å². The minimum absolute atomic E-state index is 0.0836. The highest BCUT2D eigenvalue weighted by Crippen LogP contribution is 2.11. The summed E-state index contributed by atoms with van der Waals surface area (Å²) in [5, 5.41) is 21.6. The first-order valence-corrected chi connectivity index (χ1v) is 5.94. The standard InChI is InChI=1S/C11H21N3O3/c1-9(2)11-12-10(13-17-11)8-14(5-7-16)4-3-6-15/h9,15-16H,3-8H2,1-2H3. The lowest BCUT2D eigenvalue weighted by molar-refractivity contribution is 0.170. The Morgan fingerprint density at radius 1 is 1.24 bits per heavy atom. The van der Waals surface area contributed by atoms with E-state index in [0.29, 0.717) is 37.8 Å². The zero-order chi connectivity index (χ0) is 12.7. The number of aliphatic hydroxyl groups is 2. The van der Waals surface area contributed by atoms with E-state index in [1.807, 2.05) is 18.7 Å². The third kappa shape index (κ3) is 4.80. The maximum Gasteiger partial charge on any atom is 0.229 e. The molecule has 0 saturated carbocycles. The van der Waals surface area contributed by atoms with Crippen molar-refractivity contribution in [2.45, 2.75) is 32.7 Å². The Kier molecular flexibility index (Phi) is 6.10. The number of aromatic nitrogens is 2. The molecule has 0 aliphatic heterocycles. The molecular formula is C11H21N3O3. The van der Waals surface area contributed by atoms with E-state index in [2.05, 4.69) is 10.1 Å². The average molecular weight is 243 g/mol. The van der Waals surface area contributed by atoms with Gasteiger partial charge < -0.3 is 14.7 Å². The van der Waals surface area contributed by atoms with Gasteiger partial charge in [-0.15, -0.1) is 0 Å². The second-order valence-electron chi connectivity index (χ2n) is 4.28. The van der Waals surface area contributed by atoms with Crippen LogP contribution in [0.15, 0.2) is 4.52 Å². The molecule has 0 unspecified atom stereocenters. The van der Waals surface area contributed by atoms with Gasteiger partial charge in [-0.1, -0.05) is 19.0 Å². The van der Waals surface area contributed by atoms with Crippen molar-refractivity contribution in [3.63, 3.8) is 0 Å². The Morgan fingerprint density at radius 2 is 2.00 bits per heavy atom. The van der Waals surface area contributed by atoms with E-state index >= 15 is 0 Å². The molecule has 0 bridgehead atoms. The maximum atomic E-state index is 8.94. The molecular weight excluding hydrogens is 222 g/mol. The molecule has 0 spiro atoms. The fourth-order valence-corrected chi connectivity index (χ4v) is 1.47. The van der Waals surface area contributed by atoms with Crippen LogP contribution in [0, 0.1) is 0 Å². The van der Waals surface area contributed by atoms with E-state index in [1.165, 1.54) is 0 Å². The minimum atomic E-state index is 0.0836. The van der Waals surface area contributed by atoms with Gasteiger partial charge in [-0.25, -0.2) is 0 Å². The monoisotopic (exact) mass is 243 g/mol. The molecule has 1 aromatic rings. The number of nitrogens with zero attached hydrogens (tertiary/aromatic N) is 3. The Morgan fingerprint density at radius 3 is 2.53 bits per heavy atom. The summed E-state index contributed by atoms with van der Waals surface area (Å²) in [6.07, 6.45) is 0.675. The highest BCUT2D eigenvalue weighted by atomic mass is 16.5. The molecule has 0 aliphatic rings. The summed E-state index contributed by atoms with van der Waals surface area (Å²) in [4.78, 5) is 6.27. The van der Waals surface area contributed by atoms with Crippen LogP contribution in [0.3, 0.4) is 0 Å². The summed E-state index contributed by atoms with van der Waals surface area (Å²) >= 11 is 0. The normalized spacial score (nSPS) is 11.6. The molecule has 0 atom stereocenters. The highest BCUT2D eigenvalue weighted by Gasteiger charge is 2.13. The molecule has 6 nitrogen and oxygen atoms in total. The van der Waals surface area contributed by atoms with Crippen LogP contribution in [-0.2, 0) is 6.54 Å². The van der Waals surface area contributed by atoms with E-state index in [-0.39, 0.29) is 19.1 Å². The van der Waals surface area contributed by atoms with Gasteiger partial charge in [0.25, 0.3) is 0 Å². The SMILES string of the molecule is CC(C)c1nc(CN(CCO)CCCO)no1. The lowest BCUT2D eigenvalue weighted by atomic mass is 10.2. The summed E-state index contributed by atoms with van der Waals surface area (Å²) in [6, 6.07) is 0. The van der Waals surface area contributed by atoms with Crippen molar-refractivity contribution in [1.29, 1.82) is 0 Å². The Hall–Kier alpha value is -0.980. The van der Waals surface area contributed by atoms with Crippen LogP contribution >= 0.6 is 0 Å². The van der Waals surface area contributed by atoms with Crippen LogP contribution in [0.5, 0.6) is 0 Å². The molecule has 0 aliphatic carbocycles. The van der Waals surface area contributed by atoms with Crippen molar-refractivity contribution in [2.24, 2.45) is 0 Å². The van der Waals surface area contributed by atoms with Crippen LogP contribution < -0.4 is 0 Å². The smallest absolute Gasteiger partial charge is 0.229 e. The van der Waals surface area contributed by atoms with Gasteiger partial charge in [0.15, 0.2) is 5.82 Å². The highest BCUT2D eigenvalue weighted by molar-refractivity contribution is 4.90. The first-order chi connectivity index (χ1) is 8.17. The second-order valence-corrected chi connectivity index (χ2v) is 4.28. The van der Waals surface area contributed by atoms with Crippen molar-refractivity contribution in [3.05, 3.63) is 11.7 Å². The van der Waals surface area contributed by atoms with Gasteiger partial charge in [-0.3, -0.25) is 4.90 Å². The largest absolute Gasteiger partial charge is 0.396 e. The predicted molar refractivity (Wildman–Crippen MR) is 62.5 cm³/mol. The van der Waals surface area contributed by atoms with E-state index < -0.39 is 0 Å². The lowest BCUT2D eigenvalue weighted by Crippen LogP contribution is -2.28. The van der Waals surface area contributed by atoms with E-state index in [9.17, 15) is 0 Å². The minimum Gasteiger partial charge on any atom is -0.396 e. The number of rotatable bonds is 8. The summed E-state index contributed by atoms with van der Waals surface area (Å²) < 4.78 is 5.11. The van der Waals surface area contributed by atoms with Crippen molar-refractivity contribution < 1.29 is 14.7 Å². The van der Waals surface area contributed by atoms with E-state index in [1.54, 1.807) is 0 Å². The molecule has 0 aromatic carbocycles. The topological polar surface area (TPSA) is 82.6 Å². The molecule has 1 heterocycles. The molecule has 1 rings (SSSR count). The summed E-state index contributed by atoms with van der Waals surface area (Å²) in [7, 11) is 0. The molecule has 2 N–H and O–H groups in total. The second kappa shape index (κ2) is 7.37.